The lowest BCUT2D eigenvalue weighted by atomic mass is 10.1. The number of carbonyl (C=O) groups is 1. The molecule has 0 radical (unpaired) electrons. The molecule has 1 heterocycles. The van der Waals surface area contributed by atoms with Crippen molar-refractivity contribution in [3.05, 3.63) is 59.4 Å². The second kappa shape index (κ2) is 9.40. The van der Waals surface area contributed by atoms with Crippen molar-refractivity contribution in [1.29, 1.82) is 5.26 Å². The van der Waals surface area contributed by atoms with E-state index in [-0.39, 0.29) is 6.03 Å². The highest BCUT2D eigenvalue weighted by Crippen LogP contribution is 2.11. The van der Waals surface area contributed by atoms with Crippen LogP contribution in [0.25, 0.3) is 0 Å². The Balaban J connectivity index is 2.05. The molecule has 0 bridgehead atoms. The summed E-state index contributed by atoms with van der Waals surface area (Å²) < 4.78 is 5.08. The van der Waals surface area contributed by atoms with Gasteiger partial charge in [-0.05, 0) is 31.0 Å². The summed E-state index contributed by atoms with van der Waals surface area (Å²) in [6, 6.07) is 13.1. The highest BCUT2D eigenvalue weighted by molar-refractivity contribution is 5.89. The molecule has 25 heavy (non-hydrogen) atoms. The van der Waals surface area contributed by atoms with Crippen molar-refractivity contribution in [3.63, 3.8) is 0 Å². The van der Waals surface area contributed by atoms with Crippen molar-refractivity contribution >= 4 is 11.7 Å². The average Bonchev–Trinajstić information content (AvgIpc) is 2.63. The van der Waals surface area contributed by atoms with Crippen LogP contribution in [0.15, 0.2) is 42.6 Å². The van der Waals surface area contributed by atoms with Gasteiger partial charge in [-0.15, -0.1) is 0 Å². The number of hydrogen-bond donors (Lipinski definition) is 1. The number of urea groups is 1. The number of rotatable bonds is 7. The molecule has 0 saturated heterocycles. The molecule has 0 fully saturated rings. The molecule has 2 aromatic rings. The normalized spacial score (nSPS) is 10.1. The number of nitriles is 1. The van der Waals surface area contributed by atoms with Crippen LogP contribution in [0, 0.1) is 18.3 Å². The molecule has 0 aliphatic heterocycles. The Bertz CT molecular complexity index is 721. The fraction of sp³-hybridized carbons (Fsp3) is 0.316. The lowest BCUT2D eigenvalue weighted by molar-refractivity contribution is 0.171. The minimum atomic E-state index is -0.205. The predicted octanol–water partition coefficient (Wildman–Crippen LogP) is 3.33. The van der Waals surface area contributed by atoms with Crippen LogP contribution in [-0.2, 0) is 11.3 Å². The van der Waals surface area contributed by atoms with E-state index in [0.29, 0.717) is 31.1 Å². The van der Waals surface area contributed by atoms with Crippen molar-refractivity contribution in [3.8, 4) is 6.07 Å². The molecule has 130 valence electrons. The monoisotopic (exact) mass is 338 g/mol. The van der Waals surface area contributed by atoms with Gasteiger partial charge < -0.3 is 15.0 Å². The number of amides is 2. The molecule has 0 unspecified atom stereocenters. The number of nitrogens with one attached hydrogen (secondary N) is 1. The van der Waals surface area contributed by atoms with Crippen LogP contribution in [0.2, 0.25) is 0 Å². The number of benzene rings is 1. The third-order valence-electron chi connectivity index (χ3n) is 3.69. The molecule has 6 heteroatoms. The molecule has 1 aromatic carbocycles. The summed E-state index contributed by atoms with van der Waals surface area (Å²) in [5.41, 5.74) is 3.12. The van der Waals surface area contributed by atoms with E-state index in [4.69, 9.17) is 10.00 Å². The fourth-order valence-corrected chi connectivity index (χ4v) is 2.30. The van der Waals surface area contributed by atoms with Crippen LogP contribution in [0.5, 0.6) is 0 Å². The third kappa shape index (κ3) is 5.90. The summed E-state index contributed by atoms with van der Waals surface area (Å²) >= 11 is 0. The first-order valence-electron chi connectivity index (χ1n) is 8.09. The van der Waals surface area contributed by atoms with E-state index < -0.39 is 0 Å². The molecule has 2 rings (SSSR count). The second-order valence-electron chi connectivity index (χ2n) is 5.73. The molecule has 1 aromatic heterocycles. The van der Waals surface area contributed by atoms with Gasteiger partial charge in [0, 0.05) is 26.8 Å². The van der Waals surface area contributed by atoms with Crippen molar-refractivity contribution in [2.45, 2.75) is 19.9 Å². The SMILES string of the molecule is COCCCN(Cc1ccc(C)cc1)C(=O)Nc1ccc(C#N)nc1. The fourth-order valence-electron chi connectivity index (χ4n) is 2.30. The molecule has 0 spiro atoms. The van der Waals surface area contributed by atoms with Gasteiger partial charge >= 0.3 is 6.03 Å². The zero-order valence-electron chi connectivity index (χ0n) is 14.5. The van der Waals surface area contributed by atoms with E-state index in [1.54, 1.807) is 24.1 Å². The lowest BCUT2D eigenvalue weighted by Crippen LogP contribution is -2.35. The van der Waals surface area contributed by atoms with Gasteiger partial charge in [-0.2, -0.15) is 5.26 Å². The van der Waals surface area contributed by atoms with E-state index in [0.717, 1.165) is 12.0 Å². The number of ether oxygens (including phenoxy) is 1. The van der Waals surface area contributed by atoms with E-state index in [1.165, 1.54) is 11.8 Å². The lowest BCUT2D eigenvalue weighted by Gasteiger charge is -2.23. The summed E-state index contributed by atoms with van der Waals surface area (Å²) in [5.74, 6) is 0. The molecule has 0 aliphatic rings. The van der Waals surface area contributed by atoms with Gasteiger partial charge in [-0.3, -0.25) is 0 Å². The highest BCUT2D eigenvalue weighted by atomic mass is 16.5. The number of aryl methyl sites for hydroxylation is 1. The van der Waals surface area contributed by atoms with E-state index >= 15 is 0 Å². The van der Waals surface area contributed by atoms with Gasteiger partial charge in [0.1, 0.15) is 11.8 Å². The summed E-state index contributed by atoms with van der Waals surface area (Å²) in [5, 5.41) is 11.6. The first-order chi connectivity index (χ1) is 12.1. The summed E-state index contributed by atoms with van der Waals surface area (Å²) in [7, 11) is 1.65. The Kier molecular flexibility index (Phi) is 6.93. The maximum absolute atomic E-state index is 12.6. The summed E-state index contributed by atoms with van der Waals surface area (Å²) in [4.78, 5) is 18.3. The summed E-state index contributed by atoms with van der Waals surface area (Å²) in [6.45, 7) is 3.72. The Morgan fingerprint density at radius 3 is 2.64 bits per heavy atom. The quantitative estimate of drug-likeness (QED) is 0.786. The van der Waals surface area contributed by atoms with Gasteiger partial charge in [-0.25, -0.2) is 9.78 Å². The number of anilines is 1. The van der Waals surface area contributed by atoms with E-state index in [2.05, 4.69) is 10.3 Å². The summed E-state index contributed by atoms with van der Waals surface area (Å²) in [6.07, 6.45) is 2.23. The van der Waals surface area contributed by atoms with Crippen LogP contribution >= 0.6 is 0 Å². The highest BCUT2D eigenvalue weighted by Gasteiger charge is 2.14. The first-order valence-corrected chi connectivity index (χ1v) is 8.09. The average molecular weight is 338 g/mol. The van der Waals surface area contributed by atoms with Crippen LogP contribution in [0.4, 0.5) is 10.5 Å². The zero-order valence-corrected chi connectivity index (χ0v) is 14.5. The Morgan fingerprint density at radius 1 is 1.28 bits per heavy atom. The number of pyridine rings is 1. The number of methoxy groups -OCH3 is 1. The van der Waals surface area contributed by atoms with Crippen LogP contribution in [0.1, 0.15) is 23.2 Å². The van der Waals surface area contributed by atoms with Gasteiger partial charge in [0.2, 0.25) is 0 Å². The smallest absolute Gasteiger partial charge is 0.322 e. The molecule has 6 nitrogen and oxygen atoms in total. The Labute approximate surface area is 148 Å². The topological polar surface area (TPSA) is 78.2 Å². The molecular weight excluding hydrogens is 316 g/mol. The minimum Gasteiger partial charge on any atom is -0.385 e. The minimum absolute atomic E-state index is 0.205. The van der Waals surface area contributed by atoms with Gasteiger partial charge in [0.05, 0.1) is 11.9 Å². The van der Waals surface area contributed by atoms with Crippen molar-refractivity contribution in [2.24, 2.45) is 0 Å². The van der Waals surface area contributed by atoms with Gasteiger partial charge in [-0.1, -0.05) is 29.8 Å². The zero-order chi connectivity index (χ0) is 18.1. The molecule has 2 amide bonds. The van der Waals surface area contributed by atoms with Crippen molar-refractivity contribution in [2.75, 3.05) is 25.6 Å². The maximum atomic E-state index is 12.6. The molecule has 0 atom stereocenters. The van der Waals surface area contributed by atoms with Crippen LogP contribution in [0.3, 0.4) is 0 Å². The molecular formula is C19H22N4O2. The predicted molar refractivity (Wildman–Crippen MR) is 96.1 cm³/mol. The second-order valence-corrected chi connectivity index (χ2v) is 5.73. The van der Waals surface area contributed by atoms with E-state index in [1.807, 2.05) is 37.3 Å². The van der Waals surface area contributed by atoms with Gasteiger partial charge in [0.15, 0.2) is 0 Å². The first kappa shape index (κ1) is 18.4. The third-order valence-corrected chi connectivity index (χ3v) is 3.69. The van der Waals surface area contributed by atoms with Crippen LogP contribution < -0.4 is 5.32 Å². The Morgan fingerprint density at radius 2 is 2.04 bits per heavy atom. The molecule has 0 aliphatic carbocycles. The maximum Gasteiger partial charge on any atom is 0.322 e. The van der Waals surface area contributed by atoms with Crippen molar-refractivity contribution < 1.29 is 9.53 Å². The van der Waals surface area contributed by atoms with Gasteiger partial charge in [0.25, 0.3) is 0 Å². The largest absolute Gasteiger partial charge is 0.385 e. The van der Waals surface area contributed by atoms with E-state index in [9.17, 15) is 4.79 Å². The number of aromatic nitrogens is 1. The van der Waals surface area contributed by atoms with Crippen LogP contribution in [-0.4, -0.2) is 36.2 Å². The number of hydrogen-bond acceptors (Lipinski definition) is 4. The number of carbonyl (C=O) groups excluding carboxylic acids is 1. The Hall–Kier alpha value is -2.91. The number of nitrogens with zero attached hydrogens (tertiary/aromatic N) is 3. The van der Waals surface area contributed by atoms with Crippen molar-refractivity contribution in [1.82, 2.24) is 9.88 Å². The molecule has 0 saturated carbocycles. The standard InChI is InChI=1S/C19H22N4O2/c1-15-4-6-16(7-5-15)14-23(10-3-11-25-2)19(24)22-18-9-8-17(12-20)21-13-18/h4-9,13H,3,10-11,14H2,1-2H3,(H,22,24). The molecule has 1 N–H and O–H groups in total.